The van der Waals surface area contributed by atoms with Crippen molar-refractivity contribution in [2.75, 3.05) is 5.32 Å². The Kier molecular flexibility index (Phi) is 4.49. The van der Waals surface area contributed by atoms with E-state index >= 15 is 0 Å². The number of aromatic amines is 1. The number of hydrogen-bond donors (Lipinski definition) is 2. The number of nitrogens with zero attached hydrogens (tertiary/aromatic N) is 1. The molecule has 0 aliphatic heterocycles. The molecule has 3 aromatic rings. The molecule has 1 aromatic heterocycles. The molecule has 1 aliphatic rings. The number of H-pyrrole nitrogens is 1. The van der Waals surface area contributed by atoms with Crippen LogP contribution in [0.4, 0.5) is 5.82 Å². The summed E-state index contributed by atoms with van der Waals surface area (Å²) in [6.45, 7) is 4.27. The van der Waals surface area contributed by atoms with Gasteiger partial charge >= 0.3 is 0 Å². The number of carbonyl (C=O) groups excluding carboxylic acids is 1. The predicted molar refractivity (Wildman–Crippen MR) is 106 cm³/mol. The van der Waals surface area contributed by atoms with Crippen LogP contribution in [0.2, 0.25) is 0 Å². The lowest BCUT2D eigenvalue weighted by Crippen LogP contribution is -2.15. The van der Waals surface area contributed by atoms with Crippen LogP contribution in [0.5, 0.6) is 0 Å². The van der Waals surface area contributed by atoms with E-state index in [-0.39, 0.29) is 5.91 Å². The highest BCUT2D eigenvalue weighted by molar-refractivity contribution is 6.00. The van der Waals surface area contributed by atoms with Gasteiger partial charge in [0.15, 0.2) is 5.82 Å². The molecule has 4 heteroatoms. The summed E-state index contributed by atoms with van der Waals surface area (Å²) in [5.74, 6) is 1.25. The minimum absolute atomic E-state index is 0.0733. The van der Waals surface area contributed by atoms with Gasteiger partial charge in [-0.15, -0.1) is 0 Å². The molecule has 0 unspecified atom stereocenters. The minimum atomic E-state index is 0.0733. The van der Waals surface area contributed by atoms with Crippen molar-refractivity contribution in [3.05, 3.63) is 47.5 Å². The third kappa shape index (κ3) is 3.24. The summed E-state index contributed by atoms with van der Waals surface area (Å²) in [7, 11) is 0. The summed E-state index contributed by atoms with van der Waals surface area (Å²) in [6.07, 6.45) is 5.46. The number of fused-ring (bicyclic) bond motifs is 1. The van der Waals surface area contributed by atoms with E-state index in [1.807, 2.05) is 6.07 Å². The summed E-state index contributed by atoms with van der Waals surface area (Å²) in [4.78, 5) is 12.3. The Bertz CT molecular complexity index is 931. The Morgan fingerprint density at radius 1 is 1.15 bits per heavy atom. The lowest BCUT2D eigenvalue weighted by molar-refractivity contribution is -0.117. The average Bonchev–Trinajstić information content (AvgIpc) is 3.25. The molecule has 0 radical (unpaired) electrons. The molecule has 1 aliphatic carbocycles. The first kappa shape index (κ1) is 16.8. The highest BCUT2D eigenvalue weighted by Crippen LogP contribution is 2.32. The monoisotopic (exact) mass is 347 g/mol. The van der Waals surface area contributed by atoms with Crippen molar-refractivity contribution in [2.45, 2.75) is 46.0 Å². The van der Waals surface area contributed by atoms with Gasteiger partial charge < -0.3 is 5.32 Å². The van der Waals surface area contributed by atoms with Crippen LogP contribution in [-0.2, 0) is 4.79 Å². The van der Waals surface area contributed by atoms with Gasteiger partial charge in [-0.05, 0) is 67.0 Å². The number of amides is 1. The fraction of sp³-hybridized carbons (Fsp3) is 0.364. The first-order valence-electron chi connectivity index (χ1n) is 9.46. The molecule has 1 amide bonds. The van der Waals surface area contributed by atoms with Crippen molar-refractivity contribution in [3.8, 4) is 11.1 Å². The van der Waals surface area contributed by atoms with Crippen LogP contribution in [0.25, 0.3) is 22.0 Å². The quantitative estimate of drug-likeness (QED) is 0.667. The smallest absolute Gasteiger partial charge is 0.225 e. The Morgan fingerprint density at radius 2 is 1.88 bits per heavy atom. The molecular formula is C22H25N3O. The summed E-state index contributed by atoms with van der Waals surface area (Å²) >= 11 is 0. The molecule has 1 fully saturated rings. The molecule has 26 heavy (non-hydrogen) atoms. The van der Waals surface area contributed by atoms with E-state index in [4.69, 9.17) is 0 Å². The van der Waals surface area contributed by atoms with Crippen LogP contribution in [0, 0.1) is 19.8 Å². The van der Waals surface area contributed by atoms with Gasteiger partial charge in [-0.1, -0.05) is 37.1 Å². The molecule has 0 bridgehead atoms. The number of benzene rings is 2. The molecule has 2 aromatic carbocycles. The van der Waals surface area contributed by atoms with Crippen molar-refractivity contribution in [2.24, 2.45) is 5.92 Å². The van der Waals surface area contributed by atoms with Crippen molar-refractivity contribution < 1.29 is 4.79 Å². The number of rotatable bonds is 4. The molecule has 4 nitrogen and oxygen atoms in total. The van der Waals surface area contributed by atoms with E-state index in [0.29, 0.717) is 18.2 Å². The van der Waals surface area contributed by atoms with Gasteiger partial charge in [-0.2, -0.15) is 5.10 Å². The summed E-state index contributed by atoms with van der Waals surface area (Å²) in [6, 6.07) is 12.6. The van der Waals surface area contributed by atoms with Crippen LogP contribution >= 0.6 is 0 Å². The highest BCUT2D eigenvalue weighted by atomic mass is 16.1. The molecular weight excluding hydrogens is 322 g/mol. The number of nitrogens with one attached hydrogen (secondary N) is 2. The number of aryl methyl sites for hydroxylation is 2. The molecule has 1 heterocycles. The average molecular weight is 347 g/mol. The fourth-order valence-electron chi connectivity index (χ4n) is 4.20. The van der Waals surface area contributed by atoms with Crippen LogP contribution in [-0.4, -0.2) is 16.1 Å². The Balaban J connectivity index is 1.58. The number of aromatic nitrogens is 2. The van der Waals surface area contributed by atoms with E-state index in [1.54, 1.807) is 0 Å². The van der Waals surface area contributed by atoms with E-state index in [9.17, 15) is 4.79 Å². The predicted octanol–water partition coefficient (Wildman–Crippen LogP) is 5.37. The zero-order valence-electron chi connectivity index (χ0n) is 15.4. The molecule has 134 valence electrons. The van der Waals surface area contributed by atoms with Gasteiger partial charge in [0.2, 0.25) is 5.91 Å². The van der Waals surface area contributed by atoms with E-state index in [1.165, 1.54) is 47.9 Å². The Morgan fingerprint density at radius 3 is 2.62 bits per heavy atom. The first-order chi connectivity index (χ1) is 12.6. The summed E-state index contributed by atoms with van der Waals surface area (Å²) in [5, 5.41) is 11.4. The van der Waals surface area contributed by atoms with Crippen molar-refractivity contribution in [1.29, 1.82) is 0 Å². The zero-order valence-corrected chi connectivity index (χ0v) is 15.4. The zero-order chi connectivity index (χ0) is 18.1. The van der Waals surface area contributed by atoms with Crippen LogP contribution in [0.1, 0.15) is 43.2 Å². The highest BCUT2D eigenvalue weighted by Gasteiger charge is 2.19. The second kappa shape index (κ2) is 6.94. The van der Waals surface area contributed by atoms with Gasteiger partial charge in [0.1, 0.15) is 0 Å². The van der Waals surface area contributed by atoms with Crippen LogP contribution in [0.15, 0.2) is 36.4 Å². The Hall–Kier alpha value is -2.62. The molecule has 1 saturated carbocycles. The molecule has 2 N–H and O–H groups in total. The third-order valence-electron chi connectivity index (χ3n) is 5.54. The van der Waals surface area contributed by atoms with Crippen LogP contribution < -0.4 is 5.32 Å². The SMILES string of the molecule is Cc1cccc(C)c1-c1ccc2c(NC(=O)CC3CCCC3)n[nH]c2c1. The molecule has 0 spiro atoms. The van der Waals surface area contributed by atoms with E-state index in [0.717, 1.165) is 10.9 Å². The van der Waals surface area contributed by atoms with Gasteiger partial charge in [0.25, 0.3) is 0 Å². The molecule has 4 rings (SSSR count). The standard InChI is InChI=1S/C22H25N3O/c1-14-6-5-7-15(2)21(14)17-10-11-18-19(13-17)24-25-22(18)23-20(26)12-16-8-3-4-9-16/h5-7,10-11,13,16H,3-4,8-9,12H2,1-2H3,(H2,23,24,25,26). The number of hydrogen-bond acceptors (Lipinski definition) is 2. The van der Waals surface area contributed by atoms with Crippen molar-refractivity contribution >= 4 is 22.6 Å². The van der Waals surface area contributed by atoms with E-state index < -0.39 is 0 Å². The normalized spacial score (nSPS) is 14.8. The molecule has 0 atom stereocenters. The second-order valence-corrected chi connectivity index (χ2v) is 7.50. The first-order valence-corrected chi connectivity index (χ1v) is 9.46. The lowest BCUT2D eigenvalue weighted by atomic mass is 9.95. The van der Waals surface area contributed by atoms with Gasteiger partial charge in [0.05, 0.1) is 5.52 Å². The maximum Gasteiger partial charge on any atom is 0.225 e. The van der Waals surface area contributed by atoms with Crippen molar-refractivity contribution in [3.63, 3.8) is 0 Å². The Labute approximate surface area is 154 Å². The maximum absolute atomic E-state index is 12.3. The fourth-order valence-corrected chi connectivity index (χ4v) is 4.20. The van der Waals surface area contributed by atoms with Crippen LogP contribution in [0.3, 0.4) is 0 Å². The third-order valence-corrected chi connectivity index (χ3v) is 5.54. The number of carbonyl (C=O) groups is 1. The molecule has 0 saturated heterocycles. The summed E-state index contributed by atoms with van der Waals surface area (Å²) in [5.41, 5.74) is 5.89. The minimum Gasteiger partial charge on any atom is -0.309 e. The number of anilines is 1. The maximum atomic E-state index is 12.3. The largest absolute Gasteiger partial charge is 0.309 e. The topological polar surface area (TPSA) is 57.8 Å². The lowest BCUT2D eigenvalue weighted by Gasteiger charge is -2.10. The van der Waals surface area contributed by atoms with Gasteiger partial charge in [-0.25, -0.2) is 0 Å². The van der Waals surface area contributed by atoms with Crippen molar-refractivity contribution in [1.82, 2.24) is 10.2 Å². The summed E-state index contributed by atoms with van der Waals surface area (Å²) < 4.78 is 0. The van der Waals surface area contributed by atoms with Gasteiger partial charge in [0, 0.05) is 11.8 Å². The van der Waals surface area contributed by atoms with E-state index in [2.05, 4.69) is 59.7 Å². The second-order valence-electron chi connectivity index (χ2n) is 7.50. The van der Waals surface area contributed by atoms with Gasteiger partial charge in [-0.3, -0.25) is 9.89 Å².